The molecular formula is C28H30Cl3N3O4S. The normalized spacial score (nSPS) is 12.2. The fraction of sp³-hybridized carbons (Fsp3) is 0.286. The van der Waals surface area contributed by atoms with E-state index in [0.717, 1.165) is 4.31 Å². The van der Waals surface area contributed by atoms with Crippen LogP contribution in [-0.2, 0) is 26.2 Å². The molecule has 0 spiro atoms. The first-order chi connectivity index (χ1) is 18.4. The second-order valence-corrected chi connectivity index (χ2v) is 12.3. The van der Waals surface area contributed by atoms with Crippen molar-refractivity contribution in [3.8, 4) is 0 Å². The smallest absolute Gasteiger partial charge is 0.264 e. The van der Waals surface area contributed by atoms with Gasteiger partial charge >= 0.3 is 0 Å². The van der Waals surface area contributed by atoms with E-state index in [2.05, 4.69) is 5.32 Å². The van der Waals surface area contributed by atoms with Gasteiger partial charge in [-0.15, -0.1) is 0 Å². The molecule has 3 aromatic carbocycles. The Balaban J connectivity index is 2.08. The molecular weight excluding hydrogens is 581 g/mol. The first-order valence-electron chi connectivity index (χ1n) is 12.3. The molecule has 0 saturated carbocycles. The monoisotopic (exact) mass is 609 g/mol. The summed E-state index contributed by atoms with van der Waals surface area (Å²) in [6.45, 7) is 4.86. The van der Waals surface area contributed by atoms with E-state index in [4.69, 9.17) is 34.8 Å². The van der Waals surface area contributed by atoms with Crippen LogP contribution in [0.2, 0.25) is 15.1 Å². The van der Waals surface area contributed by atoms with E-state index < -0.39 is 28.5 Å². The maximum atomic E-state index is 14.0. The lowest BCUT2D eigenvalue weighted by Gasteiger charge is -2.33. The molecule has 1 atom stereocenters. The van der Waals surface area contributed by atoms with Crippen LogP contribution >= 0.6 is 34.8 Å². The Morgan fingerprint density at radius 1 is 0.897 bits per heavy atom. The SMILES string of the molecule is CCC(C(=O)NC(C)C)N(Cc1ccccc1Cl)C(=O)CN(c1cccc(Cl)c1)S(=O)(=O)c1ccc(Cl)cc1. The van der Waals surface area contributed by atoms with E-state index in [9.17, 15) is 18.0 Å². The van der Waals surface area contributed by atoms with Gasteiger partial charge in [-0.1, -0.05) is 66.0 Å². The molecule has 2 amide bonds. The summed E-state index contributed by atoms with van der Waals surface area (Å²) in [6.07, 6.45) is 0.301. The summed E-state index contributed by atoms with van der Waals surface area (Å²) in [7, 11) is -4.23. The lowest BCUT2D eigenvalue weighted by Crippen LogP contribution is -2.53. The van der Waals surface area contributed by atoms with Crippen molar-refractivity contribution in [3.63, 3.8) is 0 Å². The van der Waals surface area contributed by atoms with Crippen LogP contribution in [0.4, 0.5) is 5.69 Å². The quantitative estimate of drug-likeness (QED) is 0.281. The number of amides is 2. The van der Waals surface area contributed by atoms with Crippen LogP contribution in [0.5, 0.6) is 0 Å². The summed E-state index contributed by atoms with van der Waals surface area (Å²) in [5.74, 6) is -0.930. The Bertz CT molecular complexity index is 1420. The Hall–Kier alpha value is -2.78. The van der Waals surface area contributed by atoms with E-state index in [-0.39, 0.29) is 29.1 Å². The zero-order valence-corrected chi connectivity index (χ0v) is 24.9. The molecule has 1 unspecified atom stereocenters. The lowest BCUT2D eigenvalue weighted by atomic mass is 10.1. The van der Waals surface area contributed by atoms with Gasteiger partial charge in [-0.2, -0.15) is 0 Å². The minimum atomic E-state index is -4.23. The minimum absolute atomic E-state index is 0.00685. The van der Waals surface area contributed by atoms with Gasteiger partial charge < -0.3 is 10.2 Å². The number of hydrogen-bond donors (Lipinski definition) is 1. The molecule has 0 fully saturated rings. The van der Waals surface area contributed by atoms with Crippen molar-refractivity contribution < 1.29 is 18.0 Å². The zero-order chi connectivity index (χ0) is 28.7. The van der Waals surface area contributed by atoms with Gasteiger partial charge in [-0.25, -0.2) is 8.42 Å². The number of hydrogen-bond acceptors (Lipinski definition) is 4. The van der Waals surface area contributed by atoms with Crippen molar-refractivity contribution in [1.29, 1.82) is 0 Å². The Labute approximate surface area is 244 Å². The number of rotatable bonds is 11. The van der Waals surface area contributed by atoms with Crippen LogP contribution in [0.25, 0.3) is 0 Å². The molecule has 0 aliphatic heterocycles. The molecule has 11 heteroatoms. The van der Waals surface area contributed by atoms with Gasteiger partial charge in [0.2, 0.25) is 11.8 Å². The molecule has 0 radical (unpaired) electrons. The van der Waals surface area contributed by atoms with E-state index in [0.29, 0.717) is 27.1 Å². The van der Waals surface area contributed by atoms with Gasteiger partial charge in [0, 0.05) is 27.7 Å². The topological polar surface area (TPSA) is 86.8 Å². The van der Waals surface area contributed by atoms with Crippen LogP contribution in [0.1, 0.15) is 32.8 Å². The maximum Gasteiger partial charge on any atom is 0.264 e. The van der Waals surface area contributed by atoms with Gasteiger partial charge in [0.05, 0.1) is 10.6 Å². The van der Waals surface area contributed by atoms with Crippen LogP contribution in [-0.4, -0.2) is 43.8 Å². The molecule has 0 heterocycles. The third-order valence-electron chi connectivity index (χ3n) is 5.89. The second-order valence-electron chi connectivity index (χ2n) is 9.15. The first kappa shape index (κ1) is 30.8. The summed E-state index contributed by atoms with van der Waals surface area (Å²) in [5.41, 5.74) is 0.821. The fourth-order valence-electron chi connectivity index (χ4n) is 4.00. The number of benzene rings is 3. The number of nitrogens with zero attached hydrogens (tertiary/aromatic N) is 2. The Morgan fingerprint density at radius 3 is 2.15 bits per heavy atom. The number of halogens is 3. The Morgan fingerprint density at radius 2 is 1.56 bits per heavy atom. The average Bonchev–Trinajstić information content (AvgIpc) is 2.87. The highest BCUT2D eigenvalue weighted by Gasteiger charge is 2.34. The molecule has 7 nitrogen and oxygen atoms in total. The molecule has 0 bridgehead atoms. The van der Waals surface area contributed by atoms with Crippen molar-refractivity contribution in [3.05, 3.63) is 93.4 Å². The van der Waals surface area contributed by atoms with Gasteiger partial charge in [0.25, 0.3) is 10.0 Å². The maximum absolute atomic E-state index is 14.0. The van der Waals surface area contributed by atoms with E-state index in [1.165, 1.54) is 35.2 Å². The third kappa shape index (κ3) is 7.88. The summed E-state index contributed by atoms with van der Waals surface area (Å²) >= 11 is 18.6. The fourth-order valence-corrected chi connectivity index (χ4v) is 5.92. The van der Waals surface area contributed by atoms with Crippen molar-refractivity contribution >= 4 is 62.3 Å². The summed E-state index contributed by atoms with van der Waals surface area (Å²) < 4.78 is 28.6. The largest absolute Gasteiger partial charge is 0.352 e. The molecule has 0 aromatic heterocycles. The zero-order valence-electron chi connectivity index (χ0n) is 21.8. The number of carbonyl (C=O) groups excluding carboxylic acids is 2. The number of nitrogens with one attached hydrogen (secondary N) is 1. The Kier molecular flexibility index (Phi) is 10.7. The third-order valence-corrected chi connectivity index (χ3v) is 8.54. The number of sulfonamides is 1. The summed E-state index contributed by atoms with van der Waals surface area (Å²) in [6, 6.07) is 17.8. The van der Waals surface area contributed by atoms with Crippen LogP contribution in [0.15, 0.2) is 77.7 Å². The van der Waals surface area contributed by atoms with Crippen molar-refractivity contribution in [1.82, 2.24) is 10.2 Å². The molecule has 3 rings (SSSR count). The van der Waals surface area contributed by atoms with Gasteiger partial charge in [0.15, 0.2) is 0 Å². The molecule has 0 aliphatic rings. The van der Waals surface area contributed by atoms with Crippen LogP contribution < -0.4 is 9.62 Å². The summed E-state index contributed by atoms with van der Waals surface area (Å²) in [4.78, 5) is 28.5. The minimum Gasteiger partial charge on any atom is -0.352 e. The summed E-state index contributed by atoms with van der Waals surface area (Å²) in [5, 5.41) is 3.95. The van der Waals surface area contributed by atoms with E-state index in [1.807, 2.05) is 13.8 Å². The molecule has 208 valence electrons. The average molecular weight is 611 g/mol. The van der Waals surface area contributed by atoms with Gasteiger partial charge in [-0.3, -0.25) is 13.9 Å². The number of anilines is 1. The first-order valence-corrected chi connectivity index (χ1v) is 14.9. The standard InChI is InChI=1S/C28H30Cl3N3O4S/c1-4-26(28(36)32-19(2)3)33(17-20-8-5-6-11-25(20)31)27(35)18-34(23-10-7-9-22(30)16-23)39(37,38)24-14-12-21(29)13-15-24/h5-16,19,26H,4,17-18H2,1-3H3,(H,32,36). The highest BCUT2D eigenvalue weighted by molar-refractivity contribution is 7.92. The van der Waals surface area contributed by atoms with E-state index >= 15 is 0 Å². The van der Waals surface area contributed by atoms with Gasteiger partial charge in [-0.05, 0) is 74.4 Å². The van der Waals surface area contributed by atoms with Crippen molar-refractivity contribution in [2.75, 3.05) is 10.8 Å². The molecule has 0 aliphatic carbocycles. The molecule has 0 saturated heterocycles. The second kappa shape index (κ2) is 13.5. The highest BCUT2D eigenvalue weighted by Crippen LogP contribution is 2.28. The molecule has 3 aromatic rings. The molecule has 39 heavy (non-hydrogen) atoms. The van der Waals surface area contributed by atoms with Crippen molar-refractivity contribution in [2.24, 2.45) is 0 Å². The van der Waals surface area contributed by atoms with E-state index in [1.54, 1.807) is 49.4 Å². The highest BCUT2D eigenvalue weighted by atomic mass is 35.5. The number of carbonyl (C=O) groups is 2. The van der Waals surface area contributed by atoms with Gasteiger partial charge in [0.1, 0.15) is 12.6 Å². The van der Waals surface area contributed by atoms with Crippen LogP contribution in [0, 0.1) is 0 Å². The van der Waals surface area contributed by atoms with Crippen LogP contribution in [0.3, 0.4) is 0 Å². The predicted molar refractivity (Wildman–Crippen MR) is 157 cm³/mol. The van der Waals surface area contributed by atoms with Crippen molar-refractivity contribution in [2.45, 2.75) is 50.7 Å². The predicted octanol–water partition coefficient (Wildman–Crippen LogP) is 6.17. The molecule has 1 N–H and O–H groups in total. The lowest BCUT2D eigenvalue weighted by molar-refractivity contribution is -0.140.